The van der Waals surface area contributed by atoms with E-state index in [-0.39, 0.29) is 18.3 Å². The van der Waals surface area contributed by atoms with Crippen LogP contribution in [0.5, 0.6) is 5.75 Å². The molecule has 0 aromatic heterocycles. The monoisotopic (exact) mass is 451 g/mol. The number of halogens is 1. The van der Waals surface area contributed by atoms with Gasteiger partial charge in [0.05, 0.1) is 18.0 Å². The second kappa shape index (κ2) is 9.40. The predicted octanol–water partition coefficient (Wildman–Crippen LogP) is 2.45. The Balaban J connectivity index is 1.65. The third-order valence-electron chi connectivity index (χ3n) is 4.47. The molecule has 0 saturated carbocycles. The van der Waals surface area contributed by atoms with E-state index in [1.165, 1.54) is 0 Å². The number of morpholine rings is 1. The lowest BCUT2D eigenvalue weighted by Gasteiger charge is -2.28. The highest BCUT2D eigenvalue weighted by atomic mass is 79.9. The standard InChI is InChI=1S/C19H26BrN5O3/c1-12-6-17(28-11-14-8-21-4-5-27-14)16(7-15(12)20)23-19(26)24-18-9-22-13(2)10-25(18)3/h6-7,9-10,14,18,21H,4-5,8,11H2,1-3H3,(H2,23,24,26)/t14-,18?/m0/s1. The molecule has 1 aromatic carbocycles. The fraction of sp³-hybridized carbons (Fsp3) is 0.474. The number of nitrogens with one attached hydrogen (secondary N) is 3. The maximum Gasteiger partial charge on any atom is 0.321 e. The lowest BCUT2D eigenvalue weighted by Crippen LogP contribution is -2.48. The fourth-order valence-corrected chi connectivity index (χ4v) is 3.26. The molecule has 2 atom stereocenters. The van der Waals surface area contributed by atoms with Crippen molar-refractivity contribution in [3.8, 4) is 5.75 Å². The predicted molar refractivity (Wildman–Crippen MR) is 113 cm³/mol. The number of nitrogens with zero attached hydrogens (tertiary/aromatic N) is 2. The molecule has 1 fully saturated rings. The molecule has 152 valence electrons. The molecule has 1 unspecified atom stereocenters. The van der Waals surface area contributed by atoms with Gasteiger partial charge in [-0.15, -0.1) is 0 Å². The van der Waals surface area contributed by atoms with Crippen LogP contribution in [-0.4, -0.2) is 62.8 Å². The first-order valence-corrected chi connectivity index (χ1v) is 9.99. The van der Waals surface area contributed by atoms with Gasteiger partial charge in [0.1, 0.15) is 24.6 Å². The summed E-state index contributed by atoms with van der Waals surface area (Å²) in [5.74, 6) is 0.603. The summed E-state index contributed by atoms with van der Waals surface area (Å²) in [6.45, 7) is 6.56. The first kappa shape index (κ1) is 20.6. The van der Waals surface area contributed by atoms with Crippen molar-refractivity contribution in [3.63, 3.8) is 0 Å². The Kier molecular flexibility index (Phi) is 6.93. The van der Waals surface area contributed by atoms with Crippen LogP contribution in [0.2, 0.25) is 0 Å². The summed E-state index contributed by atoms with van der Waals surface area (Å²) in [4.78, 5) is 18.7. The number of ether oxygens (including phenoxy) is 2. The molecule has 9 heteroatoms. The molecule has 1 aromatic rings. The van der Waals surface area contributed by atoms with Crippen molar-refractivity contribution >= 4 is 33.9 Å². The third kappa shape index (κ3) is 5.46. The van der Waals surface area contributed by atoms with Gasteiger partial charge in [0, 0.05) is 37.0 Å². The van der Waals surface area contributed by atoms with Gasteiger partial charge in [0.15, 0.2) is 0 Å². The molecule has 8 nitrogen and oxygen atoms in total. The molecule has 2 aliphatic heterocycles. The summed E-state index contributed by atoms with van der Waals surface area (Å²) >= 11 is 3.51. The summed E-state index contributed by atoms with van der Waals surface area (Å²) in [7, 11) is 1.88. The minimum absolute atomic E-state index is 0.0125. The Hall–Kier alpha value is -2.10. The van der Waals surface area contributed by atoms with Crippen molar-refractivity contribution in [2.24, 2.45) is 4.99 Å². The molecule has 3 rings (SSSR count). The van der Waals surface area contributed by atoms with E-state index in [1.54, 1.807) is 6.21 Å². The number of rotatable bonds is 5. The van der Waals surface area contributed by atoms with Crippen LogP contribution in [0.15, 0.2) is 33.5 Å². The molecule has 2 heterocycles. The van der Waals surface area contributed by atoms with Gasteiger partial charge in [-0.25, -0.2) is 4.79 Å². The van der Waals surface area contributed by atoms with Crippen molar-refractivity contribution in [2.45, 2.75) is 26.1 Å². The number of anilines is 1. The Morgan fingerprint density at radius 2 is 2.29 bits per heavy atom. The number of aryl methyl sites for hydroxylation is 1. The van der Waals surface area contributed by atoms with Gasteiger partial charge in [0.2, 0.25) is 0 Å². The summed E-state index contributed by atoms with van der Waals surface area (Å²) in [6, 6.07) is 3.40. The number of benzene rings is 1. The van der Waals surface area contributed by atoms with E-state index in [0.29, 0.717) is 24.7 Å². The van der Waals surface area contributed by atoms with E-state index in [2.05, 4.69) is 36.9 Å². The number of hydrogen-bond acceptors (Lipinski definition) is 6. The van der Waals surface area contributed by atoms with Gasteiger partial charge >= 0.3 is 6.03 Å². The number of urea groups is 1. The molecule has 28 heavy (non-hydrogen) atoms. The topological polar surface area (TPSA) is 87.2 Å². The Morgan fingerprint density at radius 1 is 1.46 bits per heavy atom. The van der Waals surface area contributed by atoms with Crippen LogP contribution in [0.25, 0.3) is 0 Å². The Bertz CT molecular complexity index is 777. The molecule has 0 aliphatic carbocycles. The van der Waals surface area contributed by atoms with Gasteiger partial charge < -0.3 is 30.3 Å². The van der Waals surface area contributed by atoms with Crippen LogP contribution in [-0.2, 0) is 4.74 Å². The SMILES string of the molecule is CC1=CN(C)C(NC(=O)Nc2cc(Br)c(C)cc2OC[C@@H]2CNCCO2)C=N1. The molecule has 0 radical (unpaired) electrons. The largest absolute Gasteiger partial charge is 0.489 e. The van der Waals surface area contributed by atoms with Gasteiger partial charge in [-0.05, 0) is 31.5 Å². The van der Waals surface area contributed by atoms with Crippen LogP contribution in [0.1, 0.15) is 12.5 Å². The molecule has 0 bridgehead atoms. The molecule has 1 saturated heterocycles. The van der Waals surface area contributed by atoms with E-state index in [9.17, 15) is 4.79 Å². The number of aliphatic imine (C=N–C) groups is 1. The first-order chi connectivity index (χ1) is 13.4. The van der Waals surface area contributed by atoms with Crippen LogP contribution < -0.4 is 20.7 Å². The third-order valence-corrected chi connectivity index (χ3v) is 5.32. The maximum absolute atomic E-state index is 12.5. The van der Waals surface area contributed by atoms with E-state index >= 15 is 0 Å². The molecule has 2 aliphatic rings. The van der Waals surface area contributed by atoms with Crippen molar-refractivity contribution in [1.82, 2.24) is 15.5 Å². The second-order valence-electron chi connectivity index (χ2n) is 6.86. The smallest absolute Gasteiger partial charge is 0.321 e. The molecular weight excluding hydrogens is 426 g/mol. The quantitative estimate of drug-likeness (QED) is 0.639. The minimum Gasteiger partial charge on any atom is -0.489 e. The zero-order valence-electron chi connectivity index (χ0n) is 16.3. The Labute approximate surface area is 173 Å². The van der Waals surface area contributed by atoms with Crippen molar-refractivity contribution < 1.29 is 14.3 Å². The average molecular weight is 452 g/mol. The van der Waals surface area contributed by atoms with E-state index in [1.807, 2.05) is 44.1 Å². The minimum atomic E-state index is -0.340. The van der Waals surface area contributed by atoms with Crippen molar-refractivity contribution in [3.05, 3.63) is 34.1 Å². The number of carbonyl (C=O) groups is 1. The van der Waals surface area contributed by atoms with Crippen LogP contribution >= 0.6 is 15.9 Å². The number of hydrogen-bond donors (Lipinski definition) is 3. The zero-order chi connectivity index (χ0) is 20.1. The number of carbonyl (C=O) groups excluding carboxylic acids is 1. The molecular formula is C19H26BrN5O3. The van der Waals surface area contributed by atoms with Crippen LogP contribution in [0, 0.1) is 6.92 Å². The van der Waals surface area contributed by atoms with Gasteiger partial charge in [-0.1, -0.05) is 15.9 Å². The molecule has 3 N–H and O–H groups in total. The average Bonchev–Trinajstić information content (AvgIpc) is 2.66. The van der Waals surface area contributed by atoms with Gasteiger partial charge in [0.25, 0.3) is 0 Å². The summed E-state index contributed by atoms with van der Waals surface area (Å²) in [5.41, 5.74) is 2.49. The highest BCUT2D eigenvalue weighted by Crippen LogP contribution is 2.31. The second-order valence-corrected chi connectivity index (χ2v) is 7.72. The normalized spacial score (nSPS) is 21.9. The highest BCUT2D eigenvalue weighted by molar-refractivity contribution is 9.10. The molecule has 2 amide bonds. The van der Waals surface area contributed by atoms with E-state index in [0.717, 1.165) is 28.8 Å². The summed E-state index contributed by atoms with van der Waals surface area (Å²) < 4.78 is 12.5. The van der Waals surface area contributed by atoms with Crippen molar-refractivity contribution in [1.29, 1.82) is 0 Å². The first-order valence-electron chi connectivity index (χ1n) is 9.19. The van der Waals surface area contributed by atoms with E-state index in [4.69, 9.17) is 9.47 Å². The number of allylic oxidation sites excluding steroid dienone is 1. The van der Waals surface area contributed by atoms with Gasteiger partial charge in [-0.3, -0.25) is 4.99 Å². The Morgan fingerprint density at radius 3 is 3.00 bits per heavy atom. The maximum atomic E-state index is 12.5. The fourth-order valence-electron chi connectivity index (χ4n) is 2.92. The van der Waals surface area contributed by atoms with Gasteiger partial charge in [-0.2, -0.15) is 0 Å². The van der Waals surface area contributed by atoms with Crippen LogP contribution in [0.4, 0.5) is 10.5 Å². The van der Waals surface area contributed by atoms with Crippen molar-refractivity contribution in [2.75, 3.05) is 38.7 Å². The summed E-state index contributed by atoms with van der Waals surface area (Å²) in [6.07, 6.45) is 3.25. The van der Waals surface area contributed by atoms with E-state index < -0.39 is 0 Å². The number of amides is 2. The lowest BCUT2D eigenvalue weighted by atomic mass is 10.2. The summed E-state index contributed by atoms with van der Waals surface area (Å²) in [5, 5.41) is 9.03. The highest BCUT2D eigenvalue weighted by Gasteiger charge is 2.19. The molecule has 0 spiro atoms. The van der Waals surface area contributed by atoms with Crippen LogP contribution in [0.3, 0.4) is 0 Å². The zero-order valence-corrected chi connectivity index (χ0v) is 17.9. The lowest BCUT2D eigenvalue weighted by molar-refractivity contribution is 0.000337.